The van der Waals surface area contributed by atoms with E-state index in [0.29, 0.717) is 17.4 Å². The lowest BCUT2D eigenvalue weighted by Gasteiger charge is -2.25. The average molecular weight is 1180 g/mol. The molecule has 2 unspecified atom stereocenters. The first-order valence-electron chi connectivity index (χ1n) is 36.3. The maximum atomic E-state index is 12.9. The zero-order valence-corrected chi connectivity index (χ0v) is 56.3. The van der Waals surface area contributed by atoms with Crippen molar-refractivity contribution in [3.8, 4) is 0 Å². The number of rotatable bonds is 68. The Kier molecular flexibility index (Phi) is 64.0. The van der Waals surface area contributed by atoms with Crippen molar-refractivity contribution < 1.29 is 42.9 Å². The highest BCUT2D eigenvalue weighted by atomic mass is 16.7. The maximum Gasteiger partial charge on any atom is 0.361 e. The number of carbonyl (C=O) groups is 3. The van der Waals surface area contributed by atoms with Crippen LogP contribution >= 0.6 is 0 Å². The smallest absolute Gasteiger partial charge is 0.361 e. The fourth-order valence-corrected chi connectivity index (χ4v) is 10.8. The Labute approximate surface area is 521 Å². The van der Waals surface area contributed by atoms with E-state index in [0.717, 1.165) is 77.0 Å². The summed E-state index contributed by atoms with van der Waals surface area (Å²) < 4.78 is 23.0. The Hall–Kier alpha value is -2.75. The van der Waals surface area contributed by atoms with Gasteiger partial charge < -0.3 is 28.5 Å². The Morgan fingerprint density at radius 2 is 0.679 bits per heavy atom. The van der Waals surface area contributed by atoms with Gasteiger partial charge in [0.1, 0.15) is 13.2 Å². The summed E-state index contributed by atoms with van der Waals surface area (Å²) in [5.74, 6) is -1.99. The van der Waals surface area contributed by atoms with Crippen LogP contribution in [0.1, 0.15) is 354 Å². The number of unbranched alkanes of at least 4 members (excludes halogenated alkanes) is 45. The van der Waals surface area contributed by atoms with E-state index < -0.39 is 24.3 Å². The van der Waals surface area contributed by atoms with Crippen LogP contribution in [-0.4, -0.2) is 87.4 Å². The number of esters is 2. The first-order chi connectivity index (χ1) is 41.1. The number of hydrogen-bond acceptors (Lipinski definition) is 7. The summed E-state index contributed by atoms with van der Waals surface area (Å²) in [5, 5.41) is 9.74. The predicted octanol–water partition coefficient (Wildman–Crippen LogP) is 22.5. The van der Waals surface area contributed by atoms with E-state index in [4.69, 9.17) is 18.9 Å². The highest BCUT2D eigenvalue weighted by Gasteiger charge is 2.25. The van der Waals surface area contributed by atoms with Crippen molar-refractivity contribution in [2.24, 2.45) is 0 Å². The van der Waals surface area contributed by atoms with Gasteiger partial charge in [-0.3, -0.25) is 9.59 Å². The molecule has 1 N–H and O–H groups in total. The molecule has 0 amide bonds. The summed E-state index contributed by atoms with van der Waals surface area (Å²) in [5.41, 5.74) is 0. The second-order valence-corrected chi connectivity index (χ2v) is 25.9. The van der Waals surface area contributed by atoms with Crippen molar-refractivity contribution in [2.45, 2.75) is 367 Å². The Morgan fingerprint density at radius 3 is 1.01 bits per heavy atom. The van der Waals surface area contributed by atoms with Crippen molar-refractivity contribution in [2.75, 3.05) is 47.5 Å². The third-order valence-electron chi connectivity index (χ3n) is 16.3. The van der Waals surface area contributed by atoms with Crippen LogP contribution in [0.2, 0.25) is 0 Å². The van der Waals surface area contributed by atoms with Gasteiger partial charge in [0.05, 0.1) is 34.4 Å². The molecule has 0 aromatic carbocycles. The van der Waals surface area contributed by atoms with Gasteiger partial charge in [-0.15, -0.1) is 0 Å². The van der Waals surface area contributed by atoms with E-state index in [1.807, 2.05) is 21.1 Å². The van der Waals surface area contributed by atoms with Crippen LogP contribution < -0.4 is 0 Å². The van der Waals surface area contributed by atoms with Crippen LogP contribution in [0.25, 0.3) is 0 Å². The number of nitrogens with zero attached hydrogens (tertiary/aromatic N) is 1. The number of quaternary nitrogens is 1. The Balaban J connectivity index is 3.99. The van der Waals surface area contributed by atoms with E-state index >= 15 is 0 Å². The zero-order chi connectivity index (χ0) is 61.2. The van der Waals surface area contributed by atoms with Gasteiger partial charge in [-0.2, -0.15) is 0 Å². The van der Waals surface area contributed by atoms with E-state index in [2.05, 4.69) is 62.5 Å². The molecular formula is C75H140NO8+. The number of carboxylic acids is 1. The number of hydrogen-bond donors (Lipinski definition) is 1. The molecule has 0 rings (SSSR count). The second kappa shape index (κ2) is 66.2. The van der Waals surface area contributed by atoms with Crippen molar-refractivity contribution >= 4 is 17.9 Å². The van der Waals surface area contributed by atoms with Gasteiger partial charge in [-0.25, -0.2) is 4.79 Å². The lowest BCUT2D eigenvalue weighted by atomic mass is 10.0. The third-order valence-corrected chi connectivity index (χ3v) is 16.3. The molecule has 0 fully saturated rings. The summed E-state index contributed by atoms with van der Waals surface area (Å²) in [7, 11) is 5.98. The van der Waals surface area contributed by atoms with Crippen LogP contribution in [0.4, 0.5) is 0 Å². The lowest BCUT2D eigenvalue weighted by Crippen LogP contribution is -2.40. The number of ether oxygens (including phenoxy) is 4. The first kappa shape index (κ1) is 81.2. The normalized spacial score (nSPS) is 12.9. The Morgan fingerprint density at radius 1 is 0.369 bits per heavy atom. The third kappa shape index (κ3) is 66.8. The molecular weight excluding hydrogens is 1040 g/mol. The monoisotopic (exact) mass is 1180 g/mol. The number of carboxylic acid groups (broad SMARTS) is 1. The second-order valence-electron chi connectivity index (χ2n) is 25.9. The minimum atomic E-state index is -1.51. The largest absolute Gasteiger partial charge is 0.477 e. The number of aliphatic carboxylic acids is 1. The molecule has 0 aromatic rings. The van der Waals surface area contributed by atoms with Gasteiger partial charge >= 0.3 is 17.9 Å². The van der Waals surface area contributed by atoms with Crippen LogP contribution in [0.3, 0.4) is 0 Å². The fraction of sp³-hybridized carbons (Fsp3) is 0.853. The van der Waals surface area contributed by atoms with Gasteiger partial charge in [-0.1, -0.05) is 339 Å². The highest BCUT2D eigenvalue weighted by molar-refractivity contribution is 5.71. The molecule has 0 radical (unpaired) electrons. The summed E-state index contributed by atoms with van der Waals surface area (Å²) in [4.78, 5) is 37.6. The lowest BCUT2D eigenvalue weighted by molar-refractivity contribution is -0.870. The molecule has 0 heterocycles. The van der Waals surface area contributed by atoms with Gasteiger partial charge in [0.15, 0.2) is 6.10 Å². The molecule has 0 saturated carbocycles. The maximum absolute atomic E-state index is 12.9. The van der Waals surface area contributed by atoms with Crippen molar-refractivity contribution in [1.29, 1.82) is 0 Å². The van der Waals surface area contributed by atoms with Gasteiger partial charge in [0, 0.05) is 12.8 Å². The van der Waals surface area contributed by atoms with E-state index in [1.54, 1.807) is 0 Å². The number of carbonyl (C=O) groups excluding carboxylic acids is 2. The van der Waals surface area contributed by atoms with E-state index in [1.165, 1.54) is 250 Å². The first-order valence-corrected chi connectivity index (χ1v) is 36.3. The summed E-state index contributed by atoms with van der Waals surface area (Å²) in [6.45, 7) is 4.82. The SMILES string of the molecule is CC/C=C\C/C=C\C/C=C\C/C=C\CCCCCCCCCCCCC(=O)OC(COC(=O)CCCCCCCCCCCCCCCCCCCCCCCCCCCCCCCCCCCCCC)COC(OCC[N+](C)(C)C)C(=O)O. The molecule has 492 valence electrons. The zero-order valence-electron chi connectivity index (χ0n) is 56.3. The van der Waals surface area contributed by atoms with Crippen LogP contribution in [-0.2, 0) is 33.3 Å². The standard InChI is InChI=1S/C75H139NO8/c1-6-8-10-12-14-16-18-20-22-24-26-28-30-31-32-33-34-35-36-37-38-39-40-41-42-44-45-47-49-51-53-55-57-59-61-63-65-72(77)82-69-71(70-83-75(74(79)80)81-68-67-76(3,4)5)84-73(78)66-64-62-60-58-56-54-52-50-48-46-43-29-27-25-23-21-19-17-15-13-11-9-7-2/h9,11,15,17,21,23,27,29,71,75H,6-8,10,12-14,16,18-20,22,24-26,28,30-70H2,1-5H3/p+1/b11-9-,17-15-,23-21-,29-27-. The summed E-state index contributed by atoms with van der Waals surface area (Å²) in [6, 6.07) is 0. The molecule has 84 heavy (non-hydrogen) atoms. The number of likely N-dealkylation sites (N-methyl/N-ethyl adjacent to an activating group) is 1. The average Bonchev–Trinajstić information content (AvgIpc) is 3.51. The van der Waals surface area contributed by atoms with Crippen LogP contribution in [0.5, 0.6) is 0 Å². The molecule has 0 bridgehead atoms. The minimum absolute atomic E-state index is 0.181. The Bertz CT molecular complexity index is 1520. The quantitative estimate of drug-likeness (QED) is 0.0211. The van der Waals surface area contributed by atoms with Gasteiger partial charge in [0.2, 0.25) is 0 Å². The summed E-state index contributed by atoms with van der Waals surface area (Å²) in [6.07, 6.45) is 82.5. The van der Waals surface area contributed by atoms with Crippen molar-refractivity contribution in [3.63, 3.8) is 0 Å². The van der Waals surface area contributed by atoms with E-state index in [9.17, 15) is 19.5 Å². The minimum Gasteiger partial charge on any atom is -0.477 e. The van der Waals surface area contributed by atoms with E-state index in [-0.39, 0.29) is 32.2 Å². The predicted molar refractivity (Wildman–Crippen MR) is 360 cm³/mol. The molecule has 0 aliphatic heterocycles. The van der Waals surface area contributed by atoms with Crippen molar-refractivity contribution in [1.82, 2.24) is 0 Å². The molecule has 0 aliphatic rings. The molecule has 0 aliphatic carbocycles. The molecule has 0 aromatic heterocycles. The number of allylic oxidation sites excluding steroid dienone is 8. The molecule has 0 saturated heterocycles. The van der Waals surface area contributed by atoms with Gasteiger partial charge in [-0.05, 0) is 51.4 Å². The van der Waals surface area contributed by atoms with Gasteiger partial charge in [0.25, 0.3) is 6.29 Å². The summed E-state index contributed by atoms with van der Waals surface area (Å²) >= 11 is 0. The van der Waals surface area contributed by atoms with Crippen LogP contribution in [0.15, 0.2) is 48.6 Å². The van der Waals surface area contributed by atoms with Crippen molar-refractivity contribution in [3.05, 3.63) is 48.6 Å². The molecule has 0 spiro atoms. The van der Waals surface area contributed by atoms with Crippen LogP contribution in [0, 0.1) is 0 Å². The topological polar surface area (TPSA) is 108 Å². The molecule has 2 atom stereocenters. The fourth-order valence-electron chi connectivity index (χ4n) is 10.8. The highest BCUT2D eigenvalue weighted by Crippen LogP contribution is 2.19. The molecule has 9 heteroatoms. The molecule has 9 nitrogen and oxygen atoms in total.